The summed E-state index contributed by atoms with van der Waals surface area (Å²) < 4.78 is 22.7. The topological polar surface area (TPSA) is 78.2 Å². The van der Waals surface area contributed by atoms with Crippen molar-refractivity contribution in [3.8, 4) is 6.07 Å². The van der Waals surface area contributed by atoms with Crippen LogP contribution in [0.5, 0.6) is 0 Å². The average Bonchev–Trinajstić information content (AvgIpc) is 2.25. The molecule has 0 atom stereocenters. The third-order valence-corrected chi connectivity index (χ3v) is 3.65. The lowest BCUT2D eigenvalue weighted by Gasteiger charge is -2.09. The third-order valence-electron chi connectivity index (χ3n) is 2.23. The summed E-state index contributed by atoms with van der Waals surface area (Å²) in [5.74, 6) is 0. The van der Waals surface area contributed by atoms with Gasteiger partial charge in [0.2, 0.25) is 0 Å². The SMILES string of the molecule is CCc1ccc(CO)c(S(=O)(=O)Cl)c1C#N. The summed E-state index contributed by atoms with van der Waals surface area (Å²) in [6.07, 6.45) is 0.522. The number of aliphatic hydroxyl groups is 1. The lowest BCUT2D eigenvalue weighted by molar-refractivity contribution is 0.278. The van der Waals surface area contributed by atoms with Gasteiger partial charge in [-0.05, 0) is 17.5 Å². The van der Waals surface area contributed by atoms with Crippen LogP contribution in [0.2, 0.25) is 0 Å². The summed E-state index contributed by atoms with van der Waals surface area (Å²) in [6.45, 7) is 1.33. The van der Waals surface area contributed by atoms with Crippen LogP contribution in [0.3, 0.4) is 0 Å². The molecule has 0 amide bonds. The molecule has 1 N–H and O–H groups in total. The first-order valence-electron chi connectivity index (χ1n) is 4.56. The minimum absolute atomic E-state index is 0.0176. The molecule has 0 spiro atoms. The van der Waals surface area contributed by atoms with E-state index in [1.165, 1.54) is 6.07 Å². The summed E-state index contributed by atoms with van der Waals surface area (Å²) >= 11 is 0. The van der Waals surface area contributed by atoms with E-state index in [1.807, 2.05) is 6.07 Å². The van der Waals surface area contributed by atoms with Crippen molar-refractivity contribution in [3.63, 3.8) is 0 Å². The predicted molar refractivity (Wildman–Crippen MR) is 59.5 cm³/mol. The molecule has 0 aliphatic rings. The zero-order valence-corrected chi connectivity index (χ0v) is 10.1. The fourth-order valence-corrected chi connectivity index (χ4v) is 2.88. The highest BCUT2D eigenvalue weighted by Gasteiger charge is 2.22. The molecular formula is C10H10ClNO3S. The Balaban J connectivity index is 3.72. The molecule has 4 nitrogen and oxygen atoms in total. The maximum atomic E-state index is 11.4. The monoisotopic (exact) mass is 259 g/mol. The van der Waals surface area contributed by atoms with Gasteiger partial charge in [0, 0.05) is 10.7 Å². The lowest BCUT2D eigenvalue weighted by atomic mass is 10.0. The van der Waals surface area contributed by atoms with Crippen molar-refractivity contribution < 1.29 is 13.5 Å². The van der Waals surface area contributed by atoms with Gasteiger partial charge in [0.15, 0.2) is 0 Å². The predicted octanol–water partition coefficient (Wildman–Crippen LogP) is 1.54. The first-order valence-corrected chi connectivity index (χ1v) is 6.87. The van der Waals surface area contributed by atoms with E-state index in [9.17, 15) is 8.42 Å². The first-order chi connectivity index (χ1) is 7.45. The summed E-state index contributed by atoms with van der Waals surface area (Å²) in [7, 11) is 1.23. The van der Waals surface area contributed by atoms with Crippen LogP contribution >= 0.6 is 10.7 Å². The number of nitriles is 1. The van der Waals surface area contributed by atoms with Gasteiger partial charge < -0.3 is 5.11 Å². The van der Waals surface area contributed by atoms with Crippen LogP contribution < -0.4 is 0 Å². The zero-order chi connectivity index (χ0) is 12.3. The standard InChI is InChI=1S/C10H10ClNO3S/c1-2-7-3-4-8(6-13)10(9(7)5-12)16(11,14)15/h3-4,13H,2,6H2,1H3. The summed E-state index contributed by atoms with van der Waals surface area (Å²) in [5.41, 5.74) is 0.756. The lowest BCUT2D eigenvalue weighted by Crippen LogP contribution is -2.04. The maximum absolute atomic E-state index is 11.4. The smallest absolute Gasteiger partial charge is 0.262 e. The number of hydrogen-bond donors (Lipinski definition) is 1. The van der Waals surface area contributed by atoms with Crippen molar-refractivity contribution in [1.82, 2.24) is 0 Å². The molecule has 0 saturated heterocycles. The van der Waals surface area contributed by atoms with Gasteiger partial charge in [0.25, 0.3) is 9.05 Å². The molecule has 0 radical (unpaired) electrons. The van der Waals surface area contributed by atoms with Gasteiger partial charge in [-0.1, -0.05) is 19.1 Å². The Morgan fingerprint density at radius 1 is 1.44 bits per heavy atom. The molecule has 0 bridgehead atoms. The fraction of sp³-hybridized carbons (Fsp3) is 0.300. The largest absolute Gasteiger partial charge is 0.392 e. The highest BCUT2D eigenvalue weighted by atomic mass is 35.7. The van der Waals surface area contributed by atoms with Gasteiger partial charge in [-0.15, -0.1) is 0 Å². The number of benzene rings is 1. The van der Waals surface area contributed by atoms with Crippen LogP contribution in [0.15, 0.2) is 17.0 Å². The minimum atomic E-state index is -4.03. The molecule has 86 valence electrons. The number of rotatable bonds is 3. The van der Waals surface area contributed by atoms with Gasteiger partial charge in [0.1, 0.15) is 11.0 Å². The second-order valence-electron chi connectivity index (χ2n) is 3.15. The molecule has 1 aromatic rings. The second-order valence-corrected chi connectivity index (χ2v) is 5.65. The molecular weight excluding hydrogens is 250 g/mol. The van der Waals surface area contributed by atoms with Crippen molar-refractivity contribution >= 4 is 19.7 Å². The Morgan fingerprint density at radius 2 is 2.00 bits per heavy atom. The maximum Gasteiger partial charge on any atom is 0.262 e. The molecule has 0 fully saturated rings. The highest BCUT2D eigenvalue weighted by molar-refractivity contribution is 8.13. The van der Waals surface area contributed by atoms with E-state index in [0.29, 0.717) is 12.0 Å². The van der Waals surface area contributed by atoms with Crippen molar-refractivity contribution in [3.05, 3.63) is 28.8 Å². The first kappa shape index (κ1) is 13.0. The van der Waals surface area contributed by atoms with E-state index in [4.69, 9.17) is 21.1 Å². The number of aryl methyl sites for hydroxylation is 1. The van der Waals surface area contributed by atoms with Crippen LogP contribution in [-0.4, -0.2) is 13.5 Å². The molecule has 6 heteroatoms. The van der Waals surface area contributed by atoms with Crippen LogP contribution in [-0.2, 0) is 22.1 Å². The molecule has 0 aromatic heterocycles. The number of hydrogen-bond acceptors (Lipinski definition) is 4. The van der Waals surface area contributed by atoms with E-state index in [2.05, 4.69) is 0 Å². The van der Waals surface area contributed by atoms with Crippen LogP contribution in [0, 0.1) is 11.3 Å². The Morgan fingerprint density at radius 3 is 2.38 bits per heavy atom. The molecule has 0 aliphatic heterocycles. The average molecular weight is 260 g/mol. The second kappa shape index (κ2) is 4.83. The Labute approximate surface area is 98.5 Å². The molecule has 0 aliphatic carbocycles. The van der Waals surface area contributed by atoms with Crippen molar-refractivity contribution in [1.29, 1.82) is 5.26 Å². The van der Waals surface area contributed by atoms with Gasteiger partial charge in [-0.25, -0.2) is 8.42 Å². The van der Waals surface area contributed by atoms with Gasteiger partial charge in [-0.3, -0.25) is 0 Å². The van der Waals surface area contributed by atoms with Crippen molar-refractivity contribution in [2.75, 3.05) is 0 Å². The van der Waals surface area contributed by atoms with Gasteiger partial charge in [0.05, 0.1) is 12.2 Å². The normalized spacial score (nSPS) is 11.1. The Hall–Kier alpha value is -1.09. The van der Waals surface area contributed by atoms with Crippen LogP contribution in [0.1, 0.15) is 23.6 Å². The van der Waals surface area contributed by atoms with Crippen LogP contribution in [0.4, 0.5) is 0 Å². The molecule has 1 rings (SSSR count). The molecule has 0 heterocycles. The van der Waals surface area contributed by atoms with Crippen LogP contribution in [0.25, 0.3) is 0 Å². The molecule has 1 aromatic carbocycles. The Bertz CT molecular complexity index is 546. The van der Waals surface area contributed by atoms with E-state index in [0.717, 1.165) is 0 Å². The summed E-state index contributed by atoms with van der Waals surface area (Å²) in [6, 6.07) is 4.91. The molecule has 0 saturated carbocycles. The number of nitrogens with zero attached hydrogens (tertiary/aromatic N) is 1. The minimum Gasteiger partial charge on any atom is -0.392 e. The van der Waals surface area contributed by atoms with Gasteiger partial charge in [-0.2, -0.15) is 5.26 Å². The highest BCUT2D eigenvalue weighted by Crippen LogP contribution is 2.27. The van der Waals surface area contributed by atoms with E-state index < -0.39 is 15.7 Å². The van der Waals surface area contributed by atoms with E-state index in [1.54, 1.807) is 13.0 Å². The number of halogens is 1. The number of aliphatic hydroxyl groups excluding tert-OH is 1. The fourth-order valence-electron chi connectivity index (χ4n) is 1.49. The Kier molecular flexibility index (Phi) is 3.92. The third kappa shape index (κ3) is 2.35. The quantitative estimate of drug-likeness (QED) is 0.835. The molecule has 16 heavy (non-hydrogen) atoms. The van der Waals surface area contributed by atoms with Gasteiger partial charge >= 0.3 is 0 Å². The molecule has 0 unspecified atom stereocenters. The van der Waals surface area contributed by atoms with Crippen molar-refractivity contribution in [2.24, 2.45) is 0 Å². The summed E-state index contributed by atoms with van der Waals surface area (Å²) in [5, 5.41) is 18.0. The van der Waals surface area contributed by atoms with E-state index >= 15 is 0 Å². The summed E-state index contributed by atoms with van der Waals surface area (Å²) in [4.78, 5) is -0.279. The van der Waals surface area contributed by atoms with Crippen molar-refractivity contribution in [2.45, 2.75) is 24.8 Å². The van der Waals surface area contributed by atoms with E-state index in [-0.39, 0.29) is 16.0 Å². The zero-order valence-electron chi connectivity index (χ0n) is 8.57.